The number of hydrogen-bond acceptors (Lipinski definition) is 2. The van der Waals surface area contributed by atoms with E-state index in [0.29, 0.717) is 5.56 Å². The van der Waals surface area contributed by atoms with Crippen LogP contribution >= 0.6 is 15.9 Å². The predicted octanol–water partition coefficient (Wildman–Crippen LogP) is 4.25. The Kier molecular flexibility index (Phi) is 3.48. The highest BCUT2D eigenvalue weighted by atomic mass is 79.9. The molecule has 0 unspecified atom stereocenters. The first kappa shape index (κ1) is 12.8. The fourth-order valence-electron chi connectivity index (χ4n) is 2.04. The van der Waals surface area contributed by atoms with E-state index in [1.165, 1.54) is 0 Å². The molecule has 4 heteroatoms. The molecule has 0 radical (unpaired) electrons. The van der Waals surface area contributed by atoms with E-state index < -0.39 is 0 Å². The maximum absolute atomic E-state index is 12.4. The van der Waals surface area contributed by atoms with Crippen molar-refractivity contribution in [2.75, 3.05) is 5.32 Å². The van der Waals surface area contributed by atoms with E-state index in [-0.39, 0.29) is 5.91 Å². The van der Waals surface area contributed by atoms with Crippen LogP contribution in [0.3, 0.4) is 0 Å². The van der Waals surface area contributed by atoms with Crippen molar-refractivity contribution in [2.45, 2.75) is 0 Å². The zero-order valence-electron chi connectivity index (χ0n) is 10.5. The lowest BCUT2D eigenvalue weighted by Gasteiger charge is -2.07. The van der Waals surface area contributed by atoms with E-state index in [9.17, 15) is 4.79 Å². The van der Waals surface area contributed by atoms with Gasteiger partial charge < -0.3 is 5.32 Å². The van der Waals surface area contributed by atoms with Gasteiger partial charge in [-0.2, -0.15) is 0 Å². The number of carbonyl (C=O) groups excluding carboxylic acids is 1. The monoisotopic (exact) mass is 326 g/mol. The number of anilines is 1. The Morgan fingerprint density at radius 3 is 2.65 bits per heavy atom. The van der Waals surface area contributed by atoms with Crippen molar-refractivity contribution in [3.8, 4) is 0 Å². The molecule has 0 bridgehead atoms. The summed E-state index contributed by atoms with van der Waals surface area (Å²) in [6.07, 6.45) is 3.44. The molecule has 0 atom stereocenters. The highest BCUT2D eigenvalue weighted by molar-refractivity contribution is 9.10. The molecule has 0 saturated heterocycles. The number of nitrogens with zero attached hydrogens (tertiary/aromatic N) is 1. The molecule has 3 nitrogen and oxygen atoms in total. The molecule has 0 saturated carbocycles. The van der Waals surface area contributed by atoms with Crippen LogP contribution in [0.4, 0.5) is 5.69 Å². The van der Waals surface area contributed by atoms with Gasteiger partial charge in [-0.15, -0.1) is 0 Å². The first-order valence-electron chi connectivity index (χ1n) is 6.14. The minimum atomic E-state index is -0.133. The van der Waals surface area contributed by atoms with Gasteiger partial charge in [-0.3, -0.25) is 9.78 Å². The Morgan fingerprint density at radius 2 is 1.85 bits per heavy atom. The van der Waals surface area contributed by atoms with E-state index in [2.05, 4.69) is 26.2 Å². The number of amides is 1. The number of nitrogens with one attached hydrogen (secondary N) is 1. The lowest BCUT2D eigenvalue weighted by Crippen LogP contribution is -2.12. The maximum Gasteiger partial charge on any atom is 0.256 e. The molecule has 1 aromatic heterocycles. The average Bonchev–Trinajstić information content (AvgIpc) is 2.49. The lowest BCUT2D eigenvalue weighted by molar-refractivity contribution is 0.102. The van der Waals surface area contributed by atoms with Crippen molar-refractivity contribution < 1.29 is 4.79 Å². The van der Waals surface area contributed by atoms with Crippen LogP contribution in [-0.2, 0) is 0 Å². The Hall–Kier alpha value is -2.20. The number of pyridine rings is 1. The van der Waals surface area contributed by atoms with Gasteiger partial charge in [0.1, 0.15) is 0 Å². The second-order valence-electron chi connectivity index (χ2n) is 4.36. The molecule has 1 heterocycles. The van der Waals surface area contributed by atoms with Crippen LogP contribution in [0, 0.1) is 0 Å². The summed E-state index contributed by atoms with van der Waals surface area (Å²) >= 11 is 3.37. The van der Waals surface area contributed by atoms with Gasteiger partial charge in [-0.1, -0.05) is 28.1 Å². The zero-order valence-corrected chi connectivity index (χ0v) is 12.1. The van der Waals surface area contributed by atoms with Gasteiger partial charge in [0, 0.05) is 33.5 Å². The number of rotatable bonds is 2. The van der Waals surface area contributed by atoms with Crippen molar-refractivity contribution in [2.24, 2.45) is 0 Å². The summed E-state index contributed by atoms with van der Waals surface area (Å²) in [7, 11) is 0. The van der Waals surface area contributed by atoms with Gasteiger partial charge in [-0.25, -0.2) is 0 Å². The highest BCUT2D eigenvalue weighted by Gasteiger charge is 2.10. The second-order valence-corrected chi connectivity index (χ2v) is 5.28. The van der Waals surface area contributed by atoms with Crippen LogP contribution in [0.5, 0.6) is 0 Å². The largest absolute Gasteiger partial charge is 0.322 e. The third-order valence-electron chi connectivity index (χ3n) is 3.03. The third kappa shape index (κ3) is 2.56. The molecule has 1 N–H and O–H groups in total. The Balaban J connectivity index is 1.94. The summed E-state index contributed by atoms with van der Waals surface area (Å²) in [6, 6.07) is 15.0. The summed E-state index contributed by atoms with van der Waals surface area (Å²) in [5.41, 5.74) is 1.39. The summed E-state index contributed by atoms with van der Waals surface area (Å²) in [6.45, 7) is 0. The normalized spacial score (nSPS) is 10.4. The average molecular weight is 327 g/mol. The molecule has 1 amide bonds. The fraction of sp³-hybridized carbons (Fsp3) is 0. The first-order valence-corrected chi connectivity index (χ1v) is 6.93. The second kappa shape index (κ2) is 5.43. The van der Waals surface area contributed by atoms with Gasteiger partial charge >= 0.3 is 0 Å². The van der Waals surface area contributed by atoms with E-state index in [0.717, 1.165) is 20.9 Å². The van der Waals surface area contributed by atoms with Gasteiger partial charge in [0.05, 0.1) is 0 Å². The summed E-state index contributed by atoms with van der Waals surface area (Å²) in [4.78, 5) is 16.5. The van der Waals surface area contributed by atoms with Crippen LogP contribution in [0.25, 0.3) is 10.8 Å². The summed E-state index contributed by atoms with van der Waals surface area (Å²) in [5, 5.41) is 4.74. The van der Waals surface area contributed by atoms with E-state index in [1.807, 2.05) is 42.5 Å². The Labute approximate surface area is 124 Å². The molecule has 0 spiro atoms. The van der Waals surface area contributed by atoms with Crippen molar-refractivity contribution in [1.29, 1.82) is 0 Å². The minimum Gasteiger partial charge on any atom is -0.322 e. The molecular weight excluding hydrogens is 316 g/mol. The lowest BCUT2D eigenvalue weighted by atomic mass is 10.1. The van der Waals surface area contributed by atoms with E-state index >= 15 is 0 Å². The highest BCUT2D eigenvalue weighted by Crippen LogP contribution is 2.20. The van der Waals surface area contributed by atoms with Crippen LogP contribution in [0.2, 0.25) is 0 Å². The topological polar surface area (TPSA) is 42.0 Å². The molecule has 2 aromatic carbocycles. The minimum absolute atomic E-state index is 0.133. The number of benzene rings is 2. The van der Waals surface area contributed by atoms with E-state index in [4.69, 9.17) is 0 Å². The number of carbonyl (C=O) groups is 1. The van der Waals surface area contributed by atoms with Crippen molar-refractivity contribution >= 4 is 38.3 Å². The van der Waals surface area contributed by atoms with Gasteiger partial charge in [0.15, 0.2) is 0 Å². The number of halogens is 1. The zero-order chi connectivity index (χ0) is 13.9. The van der Waals surface area contributed by atoms with Crippen molar-refractivity contribution in [3.05, 3.63) is 71.0 Å². The number of aromatic nitrogens is 1. The maximum atomic E-state index is 12.4. The molecule has 3 rings (SSSR count). The molecule has 98 valence electrons. The molecule has 3 aromatic rings. The molecule has 20 heavy (non-hydrogen) atoms. The Morgan fingerprint density at radius 1 is 1.05 bits per heavy atom. The number of fused-ring (bicyclic) bond motifs is 1. The quantitative estimate of drug-likeness (QED) is 0.764. The van der Waals surface area contributed by atoms with Crippen LogP contribution in [0.1, 0.15) is 10.4 Å². The fourth-order valence-corrected chi connectivity index (χ4v) is 2.31. The van der Waals surface area contributed by atoms with Gasteiger partial charge in [-0.05, 0) is 41.8 Å². The van der Waals surface area contributed by atoms with E-state index in [1.54, 1.807) is 18.5 Å². The third-order valence-corrected chi connectivity index (χ3v) is 3.56. The number of hydrogen-bond donors (Lipinski definition) is 1. The molecule has 0 fully saturated rings. The van der Waals surface area contributed by atoms with Crippen LogP contribution in [-0.4, -0.2) is 10.9 Å². The molecule has 0 aliphatic rings. The summed E-state index contributed by atoms with van der Waals surface area (Å²) in [5.74, 6) is -0.133. The standard InChI is InChI=1S/C16H11BrN2O/c17-12-4-6-13(7-5-12)19-16(20)14-3-1-2-11-8-9-18-10-15(11)14/h1-10H,(H,19,20). The van der Waals surface area contributed by atoms with Crippen LogP contribution in [0.15, 0.2) is 65.4 Å². The first-order chi connectivity index (χ1) is 9.74. The van der Waals surface area contributed by atoms with Crippen molar-refractivity contribution in [1.82, 2.24) is 4.98 Å². The SMILES string of the molecule is O=C(Nc1ccc(Br)cc1)c1cccc2ccncc12. The smallest absolute Gasteiger partial charge is 0.256 e. The van der Waals surface area contributed by atoms with Gasteiger partial charge in [0.2, 0.25) is 0 Å². The molecular formula is C16H11BrN2O. The van der Waals surface area contributed by atoms with Crippen LogP contribution < -0.4 is 5.32 Å². The van der Waals surface area contributed by atoms with Crippen molar-refractivity contribution in [3.63, 3.8) is 0 Å². The predicted molar refractivity (Wildman–Crippen MR) is 83.8 cm³/mol. The van der Waals surface area contributed by atoms with Gasteiger partial charge in [0.25, 0.3) is 5.91 Å². The summed E-state index contributed by atoms with van der Waals surface area (Å²) < 4.78 is 0.977. The molecule has 0 aliphatic carbocycles. The molecule has 0 aliphatic heterocycles. The Bertz CT molecular complexity index is 764.